The quantitative estimate of drug-likeness (QED) is 0.750. The van der Waals surface area contributed by atoms with Crippen LogP contribution in [0, 0.1) is 0 Å². The fourth-order valence-corrected chi connectivity index (χ4v) is 3.04. The molecule has 0 atom stereocenters. The molecule has 0 radical (unpaired) electrons. The molecule has 0 aromatic rings. The molecule has 2 fully saturated rings. The summed E-state index contributed by atoms with van der Waals surface area (Å²) in [6, 6.07) is 0.365. The molecule has 0 aromatic heterocycles. The van der Waals surface area contributed by atoms with E-state index in [9.17, 15) is 4.79 Å². The van der Waals surface area contributed by atoms with Gasteiger partial charge >= 0.3 is 0 Å². The van der Waals surface area contributed by atoms with Crippen molar-refractivity contribution in [1.29, 1.82) is 0 Å². The molecule has 0 saturated carbocycles. The van der Waals surface area contributed by atoms with Gasteiger partial charge in [0.05, 0.1) is 5.60 Å². The third-order valence-corrected chi connectivity index (χ3v) is 4.18. The molecule has 5 heteroatoms. The second kappa shape index (κ2) is 5.38. The van der Waals surface area contributed by atoms with Crippen LogP contribution in [0.2, 0.25) is 0 Å². The number of rotatable bonds is 4. The molecule has 0 unspecified atom stereocenters. The van der Waals surface area contributed by atoms with Gasteiger partial charge in [-0.3, -0.25) is 4.79 Å². The van der Waals surface area contributed by atoms with E-state index < -0.39 is 0 Å². The van der Waals surface area contributed by atoms with Crippen LogP contribution < -0.4 is 10.6 Å². The summed E-state index contributed by atoms with van der Waals surface area (Å²) in [5.74, 6) is 2.35. The Bertz CT molecular complexity index is 250. The monoisotopic (exact) mass is 244 g/mol. The zero-order valence-electron chi connectivity index (χ0n) is 9.75. The van der Waals surface area contributed by atoms with E-state index in [4.69, 9.17) is 4.74 Å². The molecular weight excluding hydrogens is 224 g/mol. The van der Waals surface area contributed by atoms with Gasteiger partial charge in [-0.25, -0.2) is 0 Å². The lowest BCUT2D eigenvalue weighted by Gasteiger charge is -2.38. The first-order valence-corrected chi connectivity index (χ1v) is 7.05. The summed E-state index contributed by atoms with van der Waals surface area (Å²) in [6.45, 7) is 3.93. The average molecular weight is 244 g/mol. The lowest BCUT2D eigenvalue weighted by molar-refractivity contribution is -0.136. The standard InChI is InChI=1S/C11H20N2O2S/c1-11(7-12-8-11)15-6-10(14)13-9-2-4-16-5-3-9/h9,12H,2-8H2,1H3,(H,13,14). The topological polar surface area (TPSA) is 50.4 Å². The van der Waals surface area contributed by atoms with E-state index in [1.807, 2.05) is 18.7 Å². The summed E-state index contributed by atoms with van der Waals surface area (Å²) >= 11 is 1.97. The summed E-state index contributed by atoms with van der Waals surface area (Å²) in [4.78, 5) is 11.6. The average Bonchev–Trinajstić information content (AvgIpc) is 2.25. The SMILES string of the molecule is CC1(OCC(=O)NC2CCSCC2)CNC1. The fraction of sp³-hybridized carbons (Fsp3) is 0.909. The third-order valence-electron chi connectivity index (χ3n) is 3.14. The highest BCUT2D eigenvalue weighted by Crippen LogP contribution is 2.17. The molecule has 92 valence electrons. The maximum absolute atomic E-state index is 11.6. The molecule has 1 amide bonds. The van der Waals surface area contributed by atoms with Crippen molar-refractivity contribution in [2.45, 2.75) is 31.4 Å². The Morgan fingerprint density at radius 2 is 2.19 bits per heavy atom. The van der Waals surface area contributed by atoms with Crippen LogP contribution in [0.25, 0.3) is 0 Å². The fourth-order valence-electron chi connectivity index (χ4n) is 1.93. The van der Waals surface area contributed by atoms with Gasteiger partial charge in [0.1, 0.15) is 6.61 Å². The number of nitrogens with one attached hydrogen (secondary N) is 2. The lowest BCUT2D eigenvalue weighted by atomic mass is 10.0. The van der Waals surface area contributed by atoms with Crippen LogP contribution in [-0.2, 0) is 9.53 Å². The third kappa shape index (κ3) is 3.37. The minimum absolute atomic E-state index is 0.0324. The Kier molecular flexibility index (Phi) is 4.10. The van der Waals surface area contributed by atoms with Crippen LogP contribution in [0.5, 0.6) is 0 Å². The zero-order valence-corrected chi connectivity index (χ0v) is 10.6. The molecule has 2 N–H and O–H groups in total. The molecule has 0 aromatic carbocycles. The van der Waals surface area contributed by atoms with E-state index in [0.29, 0.717) is 6.04 Å². The second-order valence-corrected chi connectivity index (χ2v) is 6.02. The van der Waals surface area contributed by atoms with Crippen molar-refractivity contribution in [3.05, 3.63) is 0 Å². The minimum atomic E-state index is -0.125. The van der Waals surface area contributed by atoms with Gasteiger partial charge in [-0.2, -0.15) is 11.8 Å². The molecule has 2 saturated heterocycles. The number of hydrogen-bond acceptors (Lipinski definition) is 4. The smallest absolute Gasteiger partial charge is 0.246 e. The van der Waals surface area contributed by atoms with Crippen molar-refractivity contribution in [3.8, 4) is 0 Å². The summed E-state index contributed by atoms with van der Waals surface area (Å²) in [7, 11) is 0. The predicted octanol–water partition coefficient (Wildman–Crippen LogP) is 0.377. The van der Waals surface area contributed by atoms with Gasteiger partial charge in [0.2, 0.25) is 5.91 Å². The van der Waals surface area contributed by atoms with Crippen LogP contribution in [-0.4, -0.2) is 48.8 Å². The maximum Gasteiger partial charge on any atom is 0.246 e. The number of ether oxygens (including phenoxy) is 1. The Balaban J connectivity index is 1.63. The molecule has 16 heavy (non-hydrogen) atoms. The van der Waals surface area contributed by atoms with Gasteiger partial charge in [0.15, 0.2) is 0 Å². The van der Waals surface area contributed by atoms with Crippen molar-refractivity contribution in [2.24, 2.45) is 0 Å². The van der Waals surface area contributed by atoms with Gasteiger partial charge in [0.25, 0.3) is 0 Å². The Labute approximate surface area is 101 Å². The molecule has 4 nitrogen and oxygen atoms in total. The van der Waals surface area contributed by atoms with Crippen molar-refractivity contribution in [2.75, 3.05) is 31.2 Å². The predicted molar refractivity (Wildman–Crippen MR) is 65.7 cm³/mol. The van der Waals surface area contributed by atoms with Gasteiger partial charge < -0.3 is 15.4 Å². The van der Waals surface area contributed by atoms with Crippen LogP contribution in [0.1, 0.15) is 19.8 Å². The summed E-state index contributed by atoms with van der Waals surface area (Å²) < 4.78 is 5.59. The van der Waals surface area contributed by atoms with E-state index in [2.05, 4.69) is 10.6 Å². The first-order chi connectivity index (χ1) is 7.68. The van der Waals surface area contributed by atoms with Crippen LogP contribution in [0.15, 0.2) is 0 Å². The number of carbonyl (C=O) groups excluding carboxylic acids is 1. The molecule has 0 aliphatic carbocycles. The van der Waals surface area contributed by atoms with Crippen molar-refractivity contribution < 1.29 is 9.53 Å². The normalized spacial score (nSPS) is 24.8. The largest absolute Gasteiger partial charge is 0.363 e. The lowest BCUT2D eigenvalue weighted by Crippen LogP contribution is -2.59. The van der Waals surface area contributed by atoms with Crippen LogP contribution in [0.4, 0.5) is 0 Å². The molecule has 2 heterocycles. The first kappa shape index (κ1) is 12.2. The van der Waals surface area contributed by atoms with E-state index >= 15 is 0 Å². The van der Waals surface area contributed by atoms with E-state index in [0.717, 1.165) is 37.4 Å². The summed E-state index contributed by atoms with van der Waals surface area (Å²) in [5.41, 5.74) is -0.125. The Hall–Kier alpha value is -0.260. The van der Waals surface area contributed by atoms with E-state index in [-0.39, 0.29) is 18.1 Å². The van der Waals surface area contributed by atoms with Crippen molar-refractivity contribution in [3.63, 3.8) is 0 Å². The molecule has 2 aliphatic rings. The van der Waals surface area contributed by atoms with Gasteiger partial charge in [-0.15, -0.1) is 0 Å². The molecule has 2 aliphatic heterocycles. The van der Waals surface area contributed by atoms with Crippen molar-refractivity contribution in [1.82, 2.24) is 10.6 Å². The van der Waals surface area contributed by atoms with E-state index in [1.165, 1.54) is 0 Å². The molecule has 0 spiro atoms. The van der Waals surface area contributed by atoms with Gasteiger partial charge in [-0.1, -0.05) is 0 Å². The van der Waals surface area contributed by atoms with Crippen LogP contribution >= 0.6 is 11.8 Å². The first-order valence-electron chi connectivity index (χ1n) is 5.90. The molecule has 0 bridgehead atoms. The Morgan fingerprint density at radius 1 is 1.50 bits per heavy atom. The summed E-state index contributed by atoms with van der Waals surface area (Å²) in [6.07, 6.45) is 2.18. The highest BCUT2D eigenvalue weighted by molar-refractivity contribution is 7.99. The highest BCUT2D eigenvalue weighted by atomic mass is 32.2. The number of hydrogen-bond donors (Lipinski definition) is 2. The second-order valence-electron chi connectivity index (χ2n) is 4.80. The summed E-state index contributed by atoms with van der Waals surface area (Å²) in [5, 5.41) is 6.19. The van der Waals surface area contributed by atoms with Crippen molar-refractivity contribution >= 4 is 17.7 Å². The number of amides is 1. The Morgan fingerprint density at radius 3 is 2.75 bits per heavy atom. The molecule has 2 rings (SSSR count). The van der Waals surface area contributed by atoms with E-state index in [1.54, 1.807) is 0 Å². The maximum atomic E-state index is 11.6. The van der Waals surface area contributed by atoms with Gasteiger partial charge in [-0.05, 0) is 31.3 Å². The molecular formula is C11H20N2O2S. The minimum Gasteiger partial charge on any atom is -0.363 e. The van der Waals surface area contributed by atoms with Crippen LogP contribution in [0.3, 0.4) is 0 Å². The van der Waals surface area contributed by atoms with Gasteiger partial charge in [0, 0.05) is 19.1 Å². The number of carbonyl (C=O) groups is 1. The number of thioether (sulfide) groups is 1. The zero-order chi connectivity index (χ0) is 11.4. The highest BCUT2D eigenvalue weighted by Gasteiger charge is 2.33.